The highest BCUT2D eigenvalue weighted by Crippen LogP contribution is 2.22. The lowest BCUT2D eigenvalue weighted by Gasteiger charge is -2.02. The second-order valence-electron chi connectivity index (χ2n) is 3.25. The molecule has 1 aromatic carbocycles. The van der Waals surface area contributed by atoms with Crippen LogP contribution in [0.5, 0.6) is 5.75 Å². The number of phenols is 1. The Morgan fingerprint density at radius 1 is 1.19 bits per heavy atom. The number of benzene rings is 1. The van der Waals surface area contributed by atoms with Gasteiger partial charge in [-0.05, 0) is 23.8 Å². The number of pyridine rings is 1. The van der Waals surface area contributed by atoms with E-state index in [9.17, 15) is 4.79 Å². The van der Waals surface area contributed by atoms with Gasteiger partial charge in [-0.2, -0.15) is 5.26 Å². The molecule has 0 saturated heterocycles. The first kappa shape index (κ1) is 9.99. The quantitative estimate of drug-likeness (QED) is 0.754. The summed E-state index contributed by atoms with van der Waals surface area (Å²) in [5.41, 5.74) is 0.952. The molecule has 0 fully saturated rings. The summed E-state index contributed by atoms with van der Waals surface area (Å²) < 4.78 is 0. The van der Waals surface area contributed by atoms with Crippen molar-refractivity contribution in [3.63, 3.8) is 0 Å². The molecule has 0 aliphatic carbocycles. The Balaban J connectivity index is 2.66. The van der Waals surface area contributed by atoms with Gasteiger partial charge < -0.3 is 10.1 Å². The number of hydrogen-bond donors (Lipinski definition) is 2. The molecule has 0 amide bonds. The summed E-state index contributed by atoms with van der Waals surface area (Å²) in [4.78, 5) is 13.8. The molecule has 0 unspecified atom stereocenters. The van der Waals surface area contributed by atoms with Crippen LogP contribution in [0.2, 0.25) is 0 Å². The van der Waals surface area contributed by atoms with E-state index in [1.54, 1.807) is 18.2 Å². The van der Waals surface area contributed by atoms with Gasteiger partial charge >= 0.3 is 0 Å². The zero-order valence-corrected chi connectivity index (χ0v) is 8.27. The van der Waals surface area contributed by atoms with Crippen LogP contribution in [0.3, 0.4) is 0 Å². The van der Waals surface area contributed by atoms with E-state index in [1.807, 2.05) is 6.07 Å². The van der Waals surface area contributed by atoms with Crippen LogP contribution in [0.15, 0.2) is 41.3 Å². The normalized spacial score (nSPS) is 9.69. The van der Waals surface area contributed by atoms with Crippen LogP contribution in [0.1, 0.15) is 5.56 Å². The van der Waals surface area contributed by atoms with Crippen molar-refractivity contribution in [2.45, 2.75) is 0 Å². The minimum atomic E-state index is -0.409. The van der Waals surface area contributed by atoms with Crippen molar-refractivity contribution in [3.8, 4) is 22.9 Å². The van der Waals surface area contributed by atoms with Crippen molar-refractivity contribution < 1.29 is 5.11 Å². The fourth-order valence-corrected chi connectivity index (χ4v) is 1.47. The molecule has 1 aromatic heterocycles. The molecule has 0 bridgehead atoms. The number of nitrogens with zero attached hydrogens (tertiary/aromatic N) is 1. The van der Waals surface area contributed by atoms with E-state index >= 15 is 0 Å². The first-order valence-corrected chi connectivity index (χ1v) is 4.63. The lowest BCUT2D eigenvalue weighted by Crippen LogP contribution is -2.10. The molecule has 4 heteroatoms. The molecule has 1 heterocycles. The minimum absolute atomic E-state index is 0.0770. The topological polar surface area (TPSA) is 76.9 Å². The third kappa shape index (κ3) is 1.66. The fraction of sp³-hybridized carbons (Fsp3) is 0. The first-order valence-electron chi connectivity index (χ1n) is 4.63. The standard InChI is InChI=1S/C12H8N2O2/c13-7-11-10(5-6-14-12(11)16)8-1-3-9(15)4-2-8/h1-6,15H,(H,14,16). The maximum Gasteiger partial charge on any atom is 0.266 e. The smallest absolute Gasteiger partial charge is 0.266 e. The Morgan fingerprint density at radius 2 is 1.88 bits per heavy atom. The van der Waals surface area contributed by atoms with Crippen LogP contribution in [0, 0.1) is 11.3 Å². The molecule has 0 saturated carbocycles. The average molecular weight is 212 g/mol. The van der Waals surface area contributed by atoms with E-state index in [0.717, 1.165) is 5.56 Å². The number of hydrogen-bond acceptors (Lipinski definition) is 3. The van der Waals surface area contributed by atoms with E-state index in [-0.39, 0.29) is 11.3 Å². The number of aromatic amines is 1. The highest BCUT2D eigenvalue weighted by Gasteiger charge is 2.07. The molecule has 0 radical (unpaired) electrons. The number of phenolic OH excluding ortho intramolecular Hbond substituents is 1. The maximum atomic E-state index is 11.4. The first-order chi connectivity index (χ1) is 7.72. The molecule has 16 heavy (non-hydrogen) atoms. The maximum absolute atomic E-state index is 11.4. The van der Waals surface area contributed by atoms with E-state index in [1.165, 1.54) is 18.3 Å². The monoisotopic (exact) mass is 212 g/mol. The predicted molar refractivity (Wildman–Crippen MR) is 58.9 cm³/mol. The summed E-state index contributed by atoms with van der Waals surface area (Å²) in [7, 11) is 0. The summed E-state index contributed by atoms with van der Waals surface area (Å²) in [6, 6.07) is 9.87. The summed E-state index contributed by atoms with van der Waals surface area (Å²) in [6.07, 6.45) is 1.49. The van der Waals surface area contributed by atoms with Gasteiger partial charge in [0.15, 0.2) is 0 Å². The van der Waals surface area contributed by atoms with E-state index < -0.39 is 5.56 Å². The largest absolute Gasteiger partial charge is 0.508 e. The van der Waals surface area contributed by atoms with Crippen molar-refractivity contribution in [3.05, 3.63) is 52.4 Å². The van der Waals surface area contributed by atoms with Crippen molar-refractivity contribution in [1.29, 1.82) is 5.26 Å². The molecule has 2 N–H and O–H groups in total. The molecule has 0 aliphatic heterocycles. The van der Waals surface area contributed by atoms with Crippen LogP contribution < -0.4 is 5.56 Å². The summed E-state index contributed by atoms with van der Waals surface area (Å²) in [5, 5.41) is 18.0. The Morgan fingerprint density at radius 3 is 2.50 bits per heavy atom. The van der Waals surface area contributed by atoms with Gasteiger partial charge in [0.25, 0.3) is 5.56 Å². The minimum Gasteiger partial charge on any atom is -0.508 e. The molecule has 4 nitrogen and oxygen atoms in total. The molecular formula is C12H8N2O2. The van der Waals surface area contributed by atoms with Crippen LogP contribution >= 0.6 is 0 Å². The molecule has 2 aromatic rings. The van der Waals surface area contributed by atoms with E-state index in [2.05, 4.69) is 4.98 Å². The van der Waals surface area contributed by atoms with Gasteiger partial charge in [0.2, 0.25) is 0 Å². The van der Waals surface area contributed by atoms with Crippen molar-refractivity contribution in [2.24, 2.45) is 0 Å². The van der Waals surface area contributed by atoms with E-state index in [0.29, 0.717) is 5.56 Å². The highest BCUT2D eigenvalue weighted by atomic mass is 16.3. The van der Waals surface area contributed by atoms with Crippen molar-refractivity contribution >= 4 is 0 Å². The second kappa shape index (κ2) is 3.91. The zero-order valence-electron chi connectivity index (χ0n) is 8.27. The fourth-order valence-electron chi connectivity index (χ4n) is 1.47. The summed E-state index contributed by atoms with van der Waals surface area (Å²) in [6.45, 7) is 0. The molecular weight excluding hydrogens is 204 g/mol. The van der Waals surface area contributed by atoms with Crippen LogP contribution in [0.4, 0.5) is 0 Å². The molecule has 0 spiro atoms. The zero-order chi connectivity index (χ0) is 11.5. The molecule has 78 valence electrons. The summed E-state index contributed by atoms with van der Waals surface area (Å²) in [5.74, 6) is 0.145. The van der Waals surface area contributed by atoms with Crippen molar-refractivity contribution in [1.82, 2.24) is 4.98 Å². The number of nitrogens with one attached hydrogen (secondary N) is 1. The Kier molecular flexibility index (Phi) is 2.44. The van der Waals surface area contributed by atoms with Crippen LogP contribution in [-0.4, -0.2) is 10.1 Å². The van der Waals surface area contributed by atoms with Gasteiger partial charge in [-0.25, -0.2) is 0 Å². The third-order valence-electron chi connectivity index (χ3n) is 2.25. The van der Waals surface area contributed by atoms with Gasteiger partial charge in [-0.1, -0.05) is 12.1 Å². The van der Waals surface area contributed by atoms with E-state index in [4.69, 9.17) is 10.4 Å². The van der Waals surface area contributed by atoms with Crippen molar-refractivity contribution in [2.75, 3.05) is 0 Å². The number of aromatic hydroxyl groups is 1. The van der Waals surface area contributed by atoms with Gasteiger partial charge in [-0.15, -0.1) is 0 Å². The third-order valence-corrected chi connectivity index (χ3v) is 2.25. The number of aromatic nitrogens is 1. The lowest BCUT2D eigenvalue weighted by molar-refractivity contribution is 0.475. The summed E-state index contributed by atoms with van der Waals surface area (Å²) >= 11 is 0. The average Bonchev–Trinajstić information content (AvgIpc) is 2.30. The van der Waals surface area contributed by atoms with Gasteiger partial charge in [-0.3, -0.25) is 4.79 Å². The van der Waals surface area contributed by atoms with Gasteiger partial charge in [0.05, 0.1) is 0 Å². The molecule has 0 aliphatic rings. The Hall–Kier alpha value is -2.54. The SMILES string of the molecule is N#Cc1c(-c2ccc(O)cc2)cc[nH]c1=O. The number of H-pyrrole nitrogens is 1. The second-order valence-corrected chi connectivity index (χ2v) is 3.25. The highest BCUT2D eigenvalue weighted by molar-refractivity contribution is 5.70. The van der Waals surface area contributed by atoms with Gasteiger partial charge in [0, 0.05) is 11.8 Å². The Bertz CT molecular complexity index is 606. The van der Waals surface area contributed by atoms with Gasteiger partial charge in [0.1, 0.15) is 17.4 Å². The lowest BCUT2D eigenvalue weighted by atomic mass is 10.0. The Labute approximate surface area is 91.4 Å². The number of rotatable bonds is 1. The predicted octanol–water partition coefficient (Wildman–Crippen LogP) is 1.62. The van der Waals surface area contributed by atoms with Crippen LogP contribution in [-0.2, 0) is 0 Å². The van der Waals surface area contributed by atoms with Crippen LogP contribution in [0.25, 0.3) is 11.1 Å². The molecule has 0 atom stereocenters. The molecule has 2 rings (SSSR count). The number of nitriles is 1.